The summed E-state index contributed by atoms with van der Waals surface area (Å²) in [5, 5.41) is 0. The zero-order chi connectivity index (χ0) is 12.5. The van der Waals surface area contributed by atoms with Gasteiger partial charge in [-0.3, -0.25) is 0 Å². The maximum Gasteiger partial charge on any atom is 0.0997 e. The van der Waals surface area contributed by atoms with Crippen molar-refractivity contribution in [2.45, 2.75) is 32.2 Å². The molecule has 3 nitrogen and oxygen atoms in total. The van der Waals surface area contributed by atoms with Gasteiger partial charge < -0.3 is 10.3 Å². The molecule has 1 aliphatic carbocycles. The second kappa shape index (κ2) is 4.86. The highest BCUT2D eigenvalue weighted by atomic mass is 79.9. The van der Waals surface area contributed by atoms with Crippen LogP contribution in [0.25, 0.3) is 5.69 Å². The van der Waals surface area contributed by atoms with Gasteiger partial charge in [0, 0.05) is 22.3 Å². The Kier molecular flexibility index (Phi) is 3.22. The normalized spacial score (nSPS) is 14.6. The van der Waals surface area contributed by atoms with Gasteiger partial charge in [-0.1, -0.05) is 22.0 Å². The lowest BCUT2D eigenvalue weighted by molar-refractivity contribution is 0.655. The van der Waals surface area contributed by atoms with Crippen LogP contribution < -0.4 is 5.73 Å². The number of hydrogen-bond donors (Lipinski definition) is 1. The van der Waals surface area contributed by atoms with E-state index in [0.717, 1.165) is 28.6 Å². The Labute approximate surface area is 115 Å². The van der Waals surface area contributed by atoms with Crippen molar-refractivity contribution in [2.24, 2.45) is 5.73 Å². The van der Waals surface area contributed by atoms with Gasteiger partial charge in [-0.05, 0) is 37.8 Å². The van der Waals surface area contributed by atoms with Crippen LogP contribution in [-0.4, -0.2) is 9.55 Å². The second-order valence-electron chi connectivity index (χ2n) is 4.66. The van der Waals surface area contributed by atoms with Gasteiger partial charge in [0.25, 0.3) is 0 Å². The molecule has 0 bridgehead atoms. The standard InChI is InChI=1S/C14H16BrN3/c15-11-4-3-7-13(10(11)8-16)18-9-17-12-5-1-2-6-14(12)18/h3-4,7,9H,1-2,5-6,8,16H2. The van der Waals surface area contributed by atoms with Crippen LogP contribution in [-0.2, 0) is 19.4 Å². The predicted molar refractivity (Wildman–Crippen MR) is 75.8 cm³/mol. The summed E-state index contributed by atoms with van der Waals surface area (Å²) in [4.78, 5) is 4.55. The number of nitrogens with zero attached hydrogens (tertiary/aromatic N) is 2. The van der Waals surface area contributed by atoms with Crippen molar-refractivity contribution in [3.8, 4) is 5.69 Å². The van der Waals surface area contributed by atoms with E-state index in [1.807, 2.05) is 18.5 Å². The summed E-state index contributed by atoms with van der Waals surface area (Å²) in [5.41, 5.74) is 10.8. The predicted octanol–water partition coefficient (Wildman–Crippen LogP) is 2.97. The van der Waals surface area contributed by atoms with Crippen LogP contribution in [0, 0.1) is 0 Å². The molecule has 1 aliphatic rings. The highest BCUT2D eigenvalue weighted by Crippen LogP contribution is 2.28. The Morgan fingerprint density at radius 3 is 2.94 bits per heavy atom. The number of fused-ring (bicyclic) bond motifs is 1. The Morgan fingerprint density at radius 1 is 1.28 bits per heavy atom. The summed E-state index contributed by atoms with van der Waals surface area (Å²) in [6.45, 7) is 0.531. The average Bonchev–Trinajstić information content (AvgIpc) is 2.82. The Hall–Kier alpha value is -1.13. The molecule has 0 aliphatic heterocycles. The van der Waals surface area contributed by atoms with Gasteiger partial charge in [-0.15, -0.1) is 0 Å². The lowest BCUT2D eigenvalue weighted by Crippen LogP contribution is -2.10. The van der Waals surface area contributed by atoms with E-state index in [2.05, 4.69) is 31.5 Å². The van der Waals surface area contributed by atoms with Gasteiger partial charge in [0.05, 0.1) is 17.7 Å². The lowest BCUT2D eigenvalue weighted by atomic mass is 10.0. The Balaban J connectivity index is 2.15. The minimum Gasteiger partial charge on any atom is -0.326 e. The van der Waals surface area contributed by atoms with Crippen molar-refractivity contribution in [2.75, 3.05) is 0 Å². The van der Waals surface area contributed by atoms with E-state index in [9.17, 15) is 0 Å². The van der Waals surface area contributed by atoms with E-state index in [1.165, 1.54) is 24.2 Å². The fourth-order valence-corrected chi connectivity index (χ4v) is 3.17. The molecule has 0 saturated carbocycles. The molecule has 2 N–H and O–H groups in total. The molecule has 0 atom stereocenters. The zero-order valence-corrected chi connectivity index (χ0v) is 11.8. The van der Waals surface area contributed by atoms with Gasteiger partial charge in [-0.2, -0.15) is 0 Å². The number of hydrogen-bond acceptors (Lipinski definition) is 2. The van der Waals surface area contributed by atoms with Crippen molar-refractivity contribution in [3.63, 3.8) is 0 Å². The molecule has 0 saturated heterocycles. The number of halogens is 1. The number of imidazole rings is 1. The highest BCUT2D eigenvalue weighted by Gasteiger charge is 2.17. The lowest BCUT2D eigenvalue weighted by Gasteiger charge is -2.17. The van der Waals surface area contributed by atoms with Gasteiger partial charge in [0.1, 0.15) is 0 Å². The molecule has 1 heterocycles. The Bertz CT molecular complexity index is 574. The molecule has 0 unspecified atom stereocenters. The highest BCUT2D eigenvalue weighted by molar-refractivity contribution is 9.10. The third-order valence-corrected chi connectivity index (χ3v) is 4.33. The summed E-state index contributed by atoms with van der Waals surface area (Å²) in [5.74, 6) is 0. The number of aryl methyl sites for hydroxylation is 1. The van der Waals surface area contributed by atoms with Crippen LogP contribution in [0.4, 0.5) is 0 Å². The molecule has 2 aromatic rings. The van der Waals surface area contributed by atoms with Crippen LogP contribution in [0.3, 0.4) is 0 Å². The second-order valence-corrected chi connectivity index (χ2v) is 5.51. The fourth-order valence-electron chi connectivity index (χ4n) is 2.65. The first kappa shape index (κ1) is 11.9. The first-order valence-corrected chi connectivity index (χ1v) is 7.13. The molecule has 1 aromatic heterocycles. The third kappa shape index (κ3) is 1.89. The van der Waals surface area contributed by atoms with Gasteiger partial charge in [0.2, 0.25) is 0 Å². The maximum absolute atomic E-state index is 5.87. The third-order valence-electron chi connectivity index (χ3n) is 3.59. The molecule has 0 spiro atoms. The number of rotatable bonds is 2. The van der Waals surface area contributed by atoms with E-state index in [0.29, 0.717) is 6.54 Å². The first-order valence-electron chi connectivity index (χ1n) is 6.34. The molecule has 0 amide bonds. The largest absolute Gasteiger partial charge is 0.326 e. The van der Waals surface area contributed by atoms with Crippen LogP contribution in [0.15, 0.2) is 29.0 Å². The van der Waals surface area contributed by atoms with Crippen LogP contribution in [0.5, 0.6) is 0 Å². The number of nitrogens with two attached hydrogens (primary N) is 1. The van der Waals surface area contributed by atoms with Crippen molar-refractivity contribution in [1.29, 1.82) is 0 Å². The van der Waals surface area contributed by atoms with Crippen LogP contribution in [0.1, 0.15) is 29.8 Å². The fraction of sp³-hybridized carbons (Fsp3) is 0.357. The minimum absolute atomic E-state index is 0.531. The van der Waals surface area contributed by atoms with Crippen molar-refractivity contribution >= 4 is 15.9 Å². The summed E-state index contributed by atoms with van der Waals surface area (Å²) < 4.78 is 3.28. The van der Waals surface area contributed by atoms with Crippen molar-refractivity contribution < 1.29 is 0 Å². The van der Waals surface area contributed by atoms with Crippen LogP contribution >= 0.6 is 15.9 Å². The minimum atomic E-state index is 0.531. The first-order chi connectivity index (χ1) is 8.81. The molecule has 4 heteroatoms. The number of benzene rings is 1. The summed E-state index contributed by atoms with van der Waals surface area (Å²) in [6, 6.07) is 6.20. The van der Waals surface area contributed by atoms with Gasteiger partial charge in [0.15, 0.2) is 0 Å². The molecule has 1 aromatic carbocycles. The number of aromatic nitrogens is 2. The molecular formula is C14H16BrN3. The van der Waals surface area contributed by atoms with E-state index in [1.54, 1.807) is 0 Å². The average molecular weight is 306 g/mol. The summed E-state index contributed by atoms with van der Waals surface area (Å²) >= 11 is 3.58. The quantitative estimate of drug-likeness (QED) is 0.927. The van der Waals surface area contributed by atoms with E-state index >= 15 is 0 Å². The van der Waals surface area contributed by atoms with Crippen molar-refractivity contribution in [1.82, 2.24) is 9.55 Å². The van der Waals surface area contributed by atoms with Crippen molar-refractivity contribution in [3.05, 3.63) is 46.0 Å². The van der Waals surface area contributed by atoms with E-state index in [-0.39, 0.29) is 0 Å². The topological polar surface area (TPSA) is 43.8 Å². The molecule has 0 radical (unpaired) electrons. The molecular weight excluding hydrogens is 290 g/mol. The summed E-state index contributed by atoms with van der Waals surface area (Å²) in [7, 11) is 0. The molecule has 0 fully saturated rings. The maximum atomic E-state index is 5.87. The summed E-state index contributed by atoms with van der Waals surface area (Å²) in [6.07, 6.45) is 6.67. The molecule has 3 rings (SSSR count). The van der Waals surface area contributed by atoms with Gasteiger partial charge in [-0.25, -0.2) is 4.98 Å². The van der Waals surface area contributed by atoms with Gasteiger partial charge >= 0.3 is 0 Å². The zero-order valence-electron chi connectivity index (χ0n) is 10.2. The smallest absolute Gasteiger partial charge is 0.0997 e. The monoisotopic (exact) mass is 305 g/mol. The Morgan fingerprint density at radius 2 is 2.11 bits per heavy atom. The molecule has 94 valence electrons. The van der Waals surface area contributed by atoms with E-state index in [4.69, 9.17) is 5.73 Å². The van der Waals surface area contributed by atoms with E-state index < -0.39 is 0 Å². The van der Waals surface area contributed by atoms with Crippen LogP contribution in [0.2, 0.25) is 0 Å². The molecule has 18 heavy (non-hydrogen) atoms. The SMILES string of the molecule is NCc1c(Br)cccc1-n1cnc2c1CCCC2.